The van der Waals surface area contributed by atoms with Crippen molar-refractivity contribution in [2.24, 2.45) is 7.05 Å². The van der Waals surface area contributed by atoms with Crippen molar-refractivity contribution in [3.8, 4) is 0 Å². The topological polar surface area (TPSA) is 55.1 Å². The van der Waals surface area contributed by atoms with Gasteiger partial charge in [0.05, 0.1) is 0 Å². The average molecular weight is 258 g/mol. The van der Waals surface area contributed by atoms with E-state index in [9.17, 15) is 26.7 Å². The lowest BCUT2D eigenvalue weighted by molar-refractivity contribution is -0.146. The fourth-order valence-electron chi connectivity index (χ4n) is 1.23. The van der Waals surface area contributed by atoms with Crippen molar-refractivity contribution in [1.82, 2.24) is 9.78 Å². The van der Waals surface area contributed by atoms with Gasteiger partial charge in [-0.3, -0.25) is 9.48 Å². The van der Waals surface area contributed by atoms with Crippen LogP contribution in [0.25, 0.3) is 0 Å². The number of rotatable bonds is 3. The number of aromatic nitrogens is 2. The van der Waals surface area contributed by atoms with Crippen LogP contribution in [0.4, 0.5) is 22.0 Å². The van der Waals surface area contributed by atoms with Crippen LogP contribution in [0.15, 0.2) is 6.07 Å². The van der Waals surface area contributed by atoms with E-state index in [2.05, 4.69) is 5.10 Å². The Balaban J connectivity index is 3.15. The number of carboxylic acids is 1. The summed E-state index contributed by atoms with van der Waals surface area (Å²) >= 11 is 0. The third kappa shape index (κ3) is 2.92. The van der Waals surface area contributed by atoms with E-state index in [4.69, 9.17) is 5.11 Å². The maximum absolute atomic E-state index is 13.3. The summed E-state index contributed by atoms with van der Waals surface area (Å²) in [6, 6.07) is 0.142. The normalized spacial score (nSPS) is 12.8. The molecule has 0 saturated carbocycles. The first-order valence-corrected chi connectivity index (χ1v) is 4.25. The Hall–Kier alpha value is -1.67. The molecule has 0 saturated heterocycles. The van der Waals surface area contributed by atoms with E-state index >= 15 is 0 Å². The Morgan fingerprint density at radius 3 is 2.29 bits per heavy atom. The number of hydrogen-bond acceptors (Lipinski definition) is 2. The number of halogens is 5. The highest BCUT2D eigenvalue weighted by molar-refractivity contribution is 5.68. The standard InChI is InChI=1S/C8H7F5N2O2/c1-15-5(7(9,10)3-6(16)17)2-4(14-15)8(11,12)13/h2H,3H2,1H3,(H,16,17). The predicted octanol–water partition coefficient (Wildman–Crippen LogP) is 2.01. The number of carbonyl (C=O) groups is 1. The van der Waals surface area contributed by atoms with Crippen LogP contribution in [0.2, 0.25) is 0 Å². The molecule has 0 aliphatic carbocycles. The molecule has 0 atom stereocenters. The smallest absolute Gasteiger partial charge is 0.435 e. The Morgan fingerprint density at radius 1 is 1.41 bits per heavy atom. The minimum atomic E-state index is -4.85. The second kappa shape index (κ2) is 3.97. The van der Waals surface area contributed by atoms with Crippen LogP contribution in [0.5, 0.6) is 0 Å². The zero-order valence-corrected chi connectivity index (χ0v) is 8.42. The van der Waals surface area contributed by atoms with E-state index in [0.717, 1.165) is 7.05 Å². The summed E-state index contributed by atoms with van der Waals surface area (Å²) in [6.07, 6.45) is -6.45. The van der Waals surface area contributed by atoms with Gasteiger partial charge in [-0.1, -0.05) is 0 Å². The molecule has 9 heteroatoms. The molecular weight excluding hydrogens is 251 g/mol. The molecule has 0 radical (unpaired) electrons. The van der Waals surface area contributed by atoms with E-state index < -0.39 is 35.9 Å². The quantitative estimate of drug-likeness (QED) is 0.844. The molecule has 96 valence electrons. The van der Waals surface area contributed by atoms with E-state index in [1.165, 1.54) is 0 Å². The zero-order chi connectivity index (χ0) is 13.4. The Bertz CT molecular complexity index is 438. The summed E-state index contributed by atoms with van der Waals surface area (Å²) in [6.45, 7) is 0. The summed E-state index contributed by atoms with van der Waals surface area (Å²) in [5, 5.41) is 11.1. The van der Waals surface area contributed by atoms with Crippen molar-refractivity contribution in [2.75, 3.05) is 0 Å². The first kappa shape index (κ1) is 13.4. The van der Waals surface area contributed by atoms with Gasteiger partial charge in [0, 0.05) is 7.05 Å². The molecule has 1 aromatic rings. The van der Waals surface area contributed by atoms with Crippen LogP contribution in [-0.2, 0) is 23.9 Å². The molecule has 0 unspecified atom stereocenters. The summed E-state index contributed by atoms with van der Waals surface area (Å²) in [7, 11) is 0.889. The summed E-state index contributed by atoms with van der Waals surface area (Å²) in [4.78, 5) is 10.2. The van der Waals surface area contributed by atoms with Crippen molar-refractivity contribution in [2.45, 2.75) is 18.5 Å². The van der Waals surface area contributed by atoms with Gasteiger partial charge in [0.1, 0.15) is 12.1 Å². The van der Waals surface area contributed by atoms with Crippen LogP contribution < -0.4 is 0 Å². The Morgan fingerprint density at radius 2 is 1.94 bits per heavy atom. The lowest BCUT2D eigenvalue weighted by Crippen LogP contribution is -2.21. The third-order valence-corrected chi connectivity index (χ3v) is 1.92. The van der Waals surface area contributed by atoms with Gasteiger partial charge in [-0.25, -0.2) is 0 Å². The molecule has 0 aliphatic rings. The number of nitrogens with zero attached hydrogens (tertiary/aromatic N) is 2. The minimum absolute atomic E-state index is 0.142. The van der Waals surface area contributed by atoms with E-state index in [1.807, 2.05) is 0 Å². The van der Waals surface area contributed by atoms with Gasteiger partial charge in [-0.05, 0) is 6.07 Å². The fourth-order valence-corrected chi connectivity index (χ4v) is 1.23. The van der Waals surface area contributed by atoms with Crippen LogP contribution in [0.1, 0.15) is 17.8 Å². The maximum atomic E-state index is 13.3. The van der Waals surface area contributed by atoms with Gasteiger partial charge in [0.25, 0.3) is 5.92 Å². The number of aryl methyl sites for hydroxylation is 1. The van der Waals surface area contributed by atoms with E-state index in [1.54, 1.807) is 0 Å². The van der Waals surface area contributed by atoms with Crippen molar-refractivity contribution >= 4 is 5.97 Å². The van der Waals surface area contributed by atoms with Crippen LogP contribution in [0, 0.1) is 0 Å². The molecule has 0 aliphatic heterocycles. The number of hydrogen-bond donors (Lipinski definition) is 1. The van der Waals surface area contributed by atoms with Crippen molar-refractivity contribution < 1.29 is 31.9 Å². The third-order valence-electron chi connectivity index (χ3n) is 1.92. The van der Waals surface area contributed by atoms with Gasteiger partial charge >= 0.3 is 12.1 Å². The molecule has 1 N–H and O–H groups in total. The second-order valence-electron chi connectivity index (χ2n) is 3.31. The summed E-state index contributed by atoms with van der Waals surface area (Å²) < 4.78 is 63.4. The van der Waals surface area contributed by atoms with Gasteiger partial charge in [0.2, 0.25) is 0 Å². The van der Waals surface area contributed by atoms with Crippen molar-refractivity contribution in [3.63, 3.8) is 0 Å². The van der Waals surface area contributed by atoms with E-state index in [-0.39, 0.29) is 6.07 Å². The highest BCUT2D eigenvalue weighted by Crippen LogP contribution is 2.35. The average Bonchev–Trinajstić information content (AvgIpc) is 2.44. The fraction of sp³-hybridized carbons (Fsp3) is 0.500. The highest BCUT2D eigenvalue weighted by Gasteiger charge is 2.42. The molecule has 0 amide bonds. The summed E-state index contributed by atoms with van der Waals surface area (Å²) in [5.41, 5.74) is -2.58. The largest absolute Gasteiger partial charge is 0.481 e. The lowest BCUT2D eigenvalue weighted by atomic mass is 10.1. The molecule has 1 rings (SSSR count). The molecule has 0 aromatic carbocycles. The van der Waals surface area contributed by atoms with Gasteiger partial charge in [0.15, 0.2) is 5.69 Å². The molecule has 1 heterocycles. The van der Waals surface area contributed by atoms with Crippen LogP contribution in [-0.4, -0.2) is 20.9 Å². The van der Waals surface area contributed by atoms with Gasteiger partial charge in [-0.2, -0.15) is 27.1 Å². The second-order valence-corrected chi connectivity index (χ2v) is 3.31. The molecular formula is C8H7F5N2O2. The molecule has 0 fully saturated rings. The molecule has 0 bridgehead atoms. The number of carboxylic acid groups (broad SMARTS) is 1. The summed E-state index contributed by atoms with van der Waals surface area (Å²) in [5.74, 6) is -5.72. The molecule has 1 aromatic heterocycles. The van der Waals surface area contributed by atoms with Crippen molar-refractivity contribution in [1.29, 1.82) is 0 Å². The van der Waals surface area contributed by atoms with Gasteiger partial charge in [-0.15, -0.1) is 0 Å². The molecule has 4 nitrogen and oxygen atoms in total. The van der Waals surface area contributed by atoms with E-state index in [0.29, 0.717) is 4.68 Å². The van der Waals surface area contributed by atoms with Crippen molar-refractivity contribution in [3.05, 3.63) is 17.5 Å². The van der Waals surface area contributed by atoms with Crippen LogP contribution >= 0.6 is 0 Å². The first-order valence-electron chi connectivity index (χ1n) is 4.25. The maximum Gasteiger partial charge on any atom is 0.435 e. The Kier molecular flexibility index (Phi) is 3.13. The van der Waals surface area contributed by atoms with Gasteiger partial charge < -0.3 is 5.11 Å². The van der Waals surface area contributed by atoms with Crippen LogP contribution in [0.3, 0.4) is 0 Å². The molecule has 0 spiro atoms. The minimum Gasteiger partial charge on any atom is -0.481 e. The zero-order valence-electron chi connectivity index (χ0n) is 8.42. The SMILES string of the molecule is Cn1nc(C(F)(F)F)cc1C(F)(F)CC(=O)O. The predicted molar refractivity (Wildman–Crippen MR) is 44.4 cm³/mol. The highest BCUT2D eigenvalue weighted by atomic mass is 19.4. The monoisotopic (exact) mass is 258 g/mol. The number of aliphatic carboxylic acids is 1. The number of alkyl halides is 5. The molecule has 17 heavy (non-hydrogen) atoms. The first-order chi connectivity index (χ1) is 7.54. The Labute approximate surface area is 91.6 Å². The lowest BCUT2D eigenvalue weighted by Gasteiger charge is -2.13.